The Labute approximate surface area is 151 Å². The van der Waals surface area contributed by atoms with E-state index >= 15 is 0 Å². The monoisotopic (exact) mass is 352 g/mol. The molecule has 3 rings (SSSR count). The van der Waals surface area contributed by atoms with Crippen molar-refractivity contribution in [3.8, 4) is 0 Å². The Bertz CT molecular complexity index is 913. The van der Waals surface area contributed by atoms with Gasteiger partial charge >= 0.3 is 5.97 Å². The van der Waals surface area contributed by atoms with Crippen LogP contribution in [0.4, 0.5) is 4.39 Å². The van der Waals surface area contributed by atoms with Crippen LogP contribution in [0.25, 0.3) is 17.0 Å². The highest BCUT2D eigenvalue weighted by atomic mass is 19.1. The lowest BCUT2D eigenvalue weighted by Gasteiger charge is -2.05. The number of halogens is 1. The van der Waals surface area contributed by atoms with E-state index in [0.717, 1.165) is 47.1 Å². The van der Waals surface area contributed by atoms with Crippen LogP contribution in [0, 0.1) is 5.82 Å². The normalized spacial score (nSPS) is 11.3. The van der Waals surface area contributed by atoms with E-state index in [1.54, 1.807) is 18.2 Å². The number of carbonyl (C=O) groups is 1. The Morgan fingerprint density at radius 3 is 2.81 bits per heavy atom. The highest BCUT2D eigenvalue weighted by Gasteiger charge is 2.04. The quantitative estimate of drug-likeness (QED) is 0.386. The highest BCUT2D eigenvalue weighted by molar-refractivity contribution is 5.86. The lowest BCUT2D eigenvalue weighted by molar-refractivity contribution is -0.134. The smallest absolute Gasteiger partial charge is 0.330 e. The number of fused-ring (bicyclic) bond motifs is 1. The molecule has 0 saturated carbocycles. The molecule has 0 amide bonds. The van der Waals surface area contributed by atoms with Crippen molar-refractivity contribution in [2.24, 2.45) is 0 Å². The van der Waals surface area contributed by atoms with Crippen molar-refractivity contribution in [1.29, 1.82) is 0 Å². The van der Waals surface area contributed by atoms with E-state index in [1.165, 1.54) is 19.3 Å². The van der Waals surface area contributed by atoms with Crippen LogP contribution in [0.15, 0.2) is 54.7 Å². The number of benzene rings is 2. The number of aromatic amines is 1. The van der Waals surface area contributed by atoms with Crippen molar-refractivity contribution in [2.75, 3.05) is 13.7 Å². The van der Waals surface area contributed by atoms with Gasteiger partial charge in [-0.15, -0.1) is 0 Å². The average Bonchev–Trinajstić information content (AvgIpc) is 3.06. The number of nitrogens with one attached hydrogen (secondary N) is 2. The Balaban J connectivity index is 1.49. The van der Waals surface area contributed by atoms with E-state index in [0.29, 0.717) is 0 Å². The molecule has 1 heterocycles. The Morgan fingerprint density at radius 1 is 1.23 bits per heavy atom. The van der Waals surface area contributed by atoms with Gasteiger partial charge in [0, 0.05) is 29.7 Å². The number of hydrogen-bond donors (Lipinski definition) is 2. The first-order valence-electron chi connectivity index (χ1n) is 8.47. The Morgan fingerprint density at radius 2 is 2.04 bits per heavy atom. The maximum absolute atomic E-state index is 13.4. The molecule has 0 unspecified atom stereocenters. The second kappa shape index (κ2) is 8.45. The van der Waals surface area contributed by atoms with Crippen molar-refractivity contribution in [1.82, 2.24) is 10.3 Å². The van der Waals surface area contributed by atoms with E-state index in [4.69, 9.17) is 0 Å². The van der Waals surface area contributed by atoms with Crippen LogP contribution in [0.3, 0.4) is 0 Å². The number of carbonyl (C=O) groups excluding carboxylic acids is 1. The molecule has 4 nitrogen and oxygen atoms in total. The summed E-state index contributed by atoms with van der Waals surface area (Å²) in [7, 11) is 1.36. The first-order valence-corrected chi connectivity index (χ1v) is 8.47. The van der Waals surface area contributed by atoms with E-state index < -0.39 is 0 Å². The molecular weight excluding hydrogens is 331 g/mol. The lowest BCUT2D eigenvalue weighted by Crippen LogP contribution is -2.16. The number of rotatable bonds is 7. The number of hydrogen-bond acceptors (Lipinski definition) is 3. The van der Waals surface area contributed by atoms with Gasteiger partial charge in [0.15, 0.2) is 0 Å². The highest BCUT2D eigenvalue weighted by Crippen LogP contribution is 2.19. The van der Waals surface area contributed by atoms with Crippen molar-refractivity contribution in [2.45, 2.75) is 13.0 Å². The molecule has 2 aromatic carbocycles. The molecular formula is C21H21FN2O2. The molecule has 0 spiro atoms. The van der Waals surface area contributed by atoms with E-state index in [-0.39, 0.29) is 11.8 Å². The molecule has 26 heavy (non-hydrogen) atoms. The average molecular weight is 352 g/mol. The lowest BCUT2D eigenvalue weighted by atomic mass is 10.1. The fourth-order valence-electron chi connectivity index (χ4n) is 2.79. The molecule has 0 aliphatic rings. The summed E-state index contributed by atoms with van der Waals surface area (Å²) in [5.74, 6) is -0.583. The van der Waals surface area contributed by atoms with Gasteiger partial charge in [0.2, 0.25) is 0 Å². The fraction of sp³-hybridized carbons (Fsp3) is 0.190. The molecule has 3 aromatic rings. The molecule has 0 aliphatic heterocycles. The minimum atomic E-state index is -0.368. The third kappa shape index (κ3) is 4.58. The molecule has 1 aromatic heterocycles. The van der Waals surface area contributed by atoms with Gasteiger partial charge in [-0.2, -0.15) is 0 Å². The van der Waals surface area contributed by atoms with Gasteiger partial charge in [-0.25, -0.2) is 9.18 Å². The molecule has 0 bridgehead atoms. The van der Waals surface area contributed by atoms with E-state index in [2.05, 4.69) is 15.0 Å². The second-order valence-electron chi connectivity index (χ2n) is 6.03. The predicted octanol–water partition coefficient (Wildman–Crippen LogP) is 3.83. The van der Waals surface area contributed by atoms with Crippen LogP contribution >= 0.6 is 0 Å². The van der Waals surface area contributed by atoms with Crippen LogP contribution < -0.4 is 5.32 Å². The minimum absolute atomic E-state index is 0.215. The van der Waals surface area contributed by atoms with Gasteiger partial charge < -0.3 is 15.0 Å². The van der Waals surface area contributed by atoms with Gasteiger partial charge in [-0.05, 0) is 53.9 Å². The summed E-state index contributed by atoms with van der Waals surface area (Å²) in [6.45, 7) is 1.55. The van der Waals surface area contributed by atoms with Crippen molar-refractivity contribution in [3.63, 3.8) is 0 Å². The number of H-pyrrole nitrogens is 1. The van der Waals surface area contributed by atoms with Crippen LogP contribution in [0.2, 0.25) is 0 Å². The minimum Gasteiger partial charge on any atom is -0.466 e. The number of ether oxygens (including phenoxy) is 1. The van der Waals surface area contributed by atoms with Crippen molar-refractivity contribution in [3.05, 3.63) is 77.2 Å². The largest absolute Gasteiger partial charge is 0.466 e. The number of methoxy groups -OCH3 is 1. The first-order chi connectivity index (χ1) is 12.7. The molecule has 2 N–H and O–H groups in total. The molecule has 0 saturated heterocycles. The molecule has 0 radical (unpaired) electrons. The SMILES string of the molecule is COC(=O)/C=C/c1ccc(CNCCc2c[nH]c3ccc(F)cc23)cc1. The van der Waals surface area contributed by atoms with Gasteiger partial charge in [0.25, 0.3) is 0 Å². The zero-order valence-corrected chi connectivity index (χ0v) is 14.6. The molecule has 0 aliphatic carbocycles. The van der Waals surface area contributed by atoms with E-state index in [1.807, 2.05) is 30.5 Å². The molecule has 0 fully saturated rings. The van der Waals surface area contributed by atoms with Crippen molar-refractivity contribution < 1.29 is 13.9 Å². The summed E-state index contributed by atoms with van der Waals surface area (Å²) in [4.78, 5) is 14.3. The summed E-state index contributed by atoms with van der Waals surface area (Å²) < 4.78 is 18.0. The molecule has 0 atom stereocenters. The molecule has 5 heteroatoms. The van der Waals surface area contributed by atoms with Crippen molar-refractivity contribution >= 4 is 22.9 Å². The van der Waals surface area contributed by atoms with Gasteiger partial charge in [0.1, 0.15) is 5.82 Å². The van der Waals surface area contributed by atoms with Gasteiger partial charge in [0.05, 0.1) is 7.11 Å². The fourth-order valence-corrected chi connectivity index (χ4v) is 2.79. The van der Waals surface area contributed by atoms with E-state index in [9.17, 15) is 9.18 Å². The summed E-state index contributed by atoms with van der Waals surface area (Å²) in [6.07, 6.45) is 5.88. The maximum atomic E-state index is 13.4. The van der Waals surface area contributed by atoms with Crippen LogP contribution in [-0.2, 0) is 22.5 Å². The Kier molecular flexibility index (Phi) is 5.81. The first kappa shape index (κ1) is 17.9. The third-order valence-electron chi connectivity index (χ3n) is 4.22. The van der Waals surface area contributed by atoms with Gasteiger partial charge in [-0.3, -0.25) is 0 Å². The van der Waals surface area contributed by atoms with Crippen LogP contribution in [0.5, 0.6) is 0 Å². The zero-order chi connectivity index (χ0) is 18.4. The van der Waals surface area contributed by atoms with Gasteiger partial charge in [-0.1, -0.05) is 24.3 Å². The summed E-state index contributed by atoms with van der Waals surface area (Å²) in [5, 5.41) is 4.34. The zero-order valence-electron chi connectivity index (χ0n) is 14.6. The number of esters is 1. The number of aromatic nitrogens is 1. The second-order valence-corrected chi connectivity index (χ2v) is 6.03. The summed E-state index contributed by atoms with van der Waals surface area (Å²) >= 11 is 0. The summed E-state index contributed by atoms with van der Waals surface area (Å²) in [5.41, 5.74) is 4.16. The molecule has 134 valence electrons. The van der Waals surface area contributed by atoms with Crippen LogP contribution in [0.1, 0.15) is 16.7 Å². The van der Waals surface area contributed by atoms with Crippen LogP contribution in [-0.4, -0.2) is 24.6 Å². The predicted molar refractivity (Wildman–Crippen MR) is 101 cm³/mol. The Hall–Kier alpha value is -2.92. The topological polar surface area (TPSA) is 54.1 Å². The summed E-state index contributed by atoms with van der Waals surface area (Å²) in [6, 6.07) is 12.7. The third-order valence-corrected chi connectivity index (χ3v) is 4.22. The maximum Gasteiger partial charge on any atom is 0.330 e. The standard InChI is InChI=1S/C21H21FN2O2/c1-26-21(25)9-6-15-2-4-16(5-3-15)13-23-11-10-17-14-24-20-8-7-18(22)12-19(17)20/h2-9,12,14,23-24H,10-11,13H2,1H3/b9-6+.